The predicted octanol–water partition coefficient (Wildman–Crippen LogP) is 3.58. The summed E-state index contributed by atoms with van der Waals surface area (Å²) in [5.74, 6) is 1.48. The van der Waals surface area contributed by atoms with Gasteiger partial charge < -0.3 is 14.6 Å². The summed E-state index contributed by atoms with van der Waals surface area (Å²) in [7, 11) is 1.62. The highest BCUT2D eigenvalue weighted by Gasteiger charge is 2.15. The highest BCUT2D eigenvalue weighted by molar-refractivity contribution is 7.99. The minimum absolute atomic E-state index is 0.167. The number of nitrogens with zero attached hydrogens (tertiary/aromatic N) is 4. The Kier molecular flexibility index (Phi) is 6.29. The van der Waals surface area contributed by atoms with Gasteiger partial charge in [-0.25, -0.2) is 0 Å². The number of rotatable bonds is 7. The van der Waals surface area contributed by atoms with E-state index < -0.39 is 0 Å². The third-order valence-electron chi connectivity index (χ3n) is 4.04. The van der Waals surface area contributed by atoms with E-state index in [2.05, 4.69) is 21.6 Å². The molecule has 0 bridgehead atoms. The predicted molar refractivity (Wildman–Crippen MR) is 108 cm³/mol. The molecule has 0 atom stereocenters. The molecular weight excluding hydrogens is 374 g/mol. The standard InChI is InChI=1S/C20H19N5O2S/c1-3-25-19(14-8-10-16(27-2)11-9-14)23-24-20(25)28-13-18(26)22-17-7-5-4-6-15(17)12-21/h4-11H,3,13H2,1-2H3,(H,22,26). The van der Waals surface area contributed by atoms with Crippen LogP contribution in [0.4, 0.5) is 5.69 Å². The number of anilines is 1. The normalized spacial score (nSPS) is 10.3. The first-order valence-electron chi connectivity index (χ1n) is 8.65. The van der Waals surface area contributed by atoms with Crippen molar-refractivity contribution in [1.82, 2.24) is 14.8 Å². The fourth-order valence-electron chi connectivity index (χ4n) is 2.64. The molecule has 0 unspecified atom stereocenters. The number of ether oxygens (including phenoxy) is 1. The molecule has 0 fully saturated rings. The number of amides is 1. The van der Waals surface area contributed by atoms with E-state index in [-0.39, 0.29) is 11.7 Å². The van der Waals surface area contributed by atoms with Crippen LogP contribution < -0.4 is 10.1 Å². The minimum atomic E-state index is -0.204. The van der Waals surface area contributed by atoms with Gasteiger partial charge in [-0.2, -0.15) is 5.26 Å². The van der Waals surface area contributed by atoms with Gasteiger partial charge in [0.15, 0.2) is 11.0 Å². The number of hydrogen-bond acceptors (Lipinski definition) is 6. The number of methoxy groups -OCH3 is 1. The molecule has 142 valence electrons. The molecule has 0 saturated carbocycles. The average molecular weight is 393 g/mol. The first kappa shape index (κ1) is 19.5. The number of benzene rings is 2. The number of hydrogen-bond donors (Lipinski definition) is 1. The van der Waals surface area contributed by atoms with Gasteiger partial charge in [-0.15, -0.1) is 10.2 Å². The topological polar surface area (TPSA) is 92.8 Å². The van der Waals surface area contributed by atoms with Crippen molar-refractivity contribution in [2.24, 2.45) is 0 Å². The van der Waals surface area contributed by atoms with Crippen LogP contribution in [0.25, 0.3) is 11.4 Å². The molecule has 0 aliphatic heterocycles. The van der Waals surface area contributed by atoms with E-state index in [4.69, 9.17) is 10.00 Å². The second-order valence-electron chi connectivity index (χ2n) is 5.77. The van der Waals surface area contributed by atoms with Gasteiger partial charge in [0, 0.05) is 12.1 Å². The van der Waals surface area contributed by atoms with Gasteiger partial charge in [0.25, 0.3) is 0 Å². The first-order valence-corrected chi connectivity index (χ1v) is 9.64. The summed E-state index contributed by atoms with van der Waals surface area (Å²) in [5.41, 5.74) is 1.86. The van der Waals surface area contributed by atoms with Crippen LogP contribution in [0.1, 0.15) is 12.5 Å². The van der Waals surface area contributed by atoms with Gasteiger partial charge in [-0.1, -0.05) is 23.9 Å². The molecule has 3 aromatic rings. The van der Waals surface area contributed by atoms with Crippen molar-refractivity contribution in [3.8, 4) is 23.2 Å². The summed E-state index contributed by atoms with van der Waals surface area (Å²) in [6.45, 7) is 2.68. The third kappa shape index (κ3) is 4.32. The van der Waals surface area contributed by atoms with E-state index in [1.165, 1.54) is 11.8 Å². The number of aromatic nitrogens is 3. The van der Waals surface area contributed by atoms with Gasteiger partial charge in [0.1, 0.15) is 11.8 Å². The number of nitriles is 1. The molecular formula is C20H19N5O2S. The fraction of sp³-hybridized carbons (Fsp3) is 0.200. The van der Waals surface area contributed by atoms with Gasteiger partial charge in [-0.3, -0.25) is 4.79 Å². The first-order chi connectivity index (χ1) is 13.7. The molecule has 0 aliphatic rings. The fourth-order valence-corrected chi connectivity index (χ4v) is 3.44. The quantitative estimate of drug-likeness (QED) is 0.617. The Morgan fingerprint density at radius 2 is 1.96 bits per heavy atom. The number of carbonyl (C=O) groups is 1. The van der Waals surface area contributed by atoms with Crippen LogP contribution in [0.3, 0.4) is 0 Å². The molecule has 0 radical (unpaired) electrons. The number of carbonyl (C=O) groups excluding carboxylic acids is 1. The van der Waals surface area contributed by atoms with Crippen LogP contribution in [0.2, 0.25) is 0 Å². The summed E-state index contributed by atoms with van der Waals surface area (Å²) < 4.78 is 7.15. The smallest absolute Gasteiger partial charge is 0.234 e. The van der Waals surface area contributed by atoms with Crippen molar-refractivity contribution < 1.29 is 9.53 Å². The Labute approximate surface area is 167 Å². The molecule has 1 amide bonds. The Morgan fingerprint density at radius 3 is 2.64 bits per heavy atom. The van der Waals surface area contributed by atoms with E-state index in [0.29, 0.717) is 23.0 Å². The van der Waals surface area contributed by atoms with Gasteiger partial charge in [0.2, 0.25) is 5.91 Å². The summed E-state index contributed by atoms with van der Waals surface area (Å²) in [6.07, 6.45) is 0. The van der Waals surface area contributed by atoms with Crippen molar-refractivity contribution in [3.63, 3.8) is 0 Å². The Morgan fingerprint density at radius 1 is 1.21 bits per heavy atom. The molecule has 28 heavy (non-hydrogen) atoms. The van der Waals surface area contributed by atoms with Crippen molar-refractivity contribution in [2.45, 2.75) is 18.6 Å². The molecule has 1 N–H and O–H groups in total. The highest BCUT2D eigenvalue weighted by atomic mass is 32.2. The van der Waals surface area contributed by atoms with E-state index >= 15 is 0 Å². The molecule has 1 heterocycles. The lowest BCUT2D eigenvalue weighted by Crippen LogP contribution is -2.15. The number of thioether (sulfide) groups is 1. The second-order valence-corrected chi connectivity index (χ2v) is 6.72. The van der Waals surface area contributed by atoms with Crippen LogP contribution in [0.5, 0.6) is 5.75 Å². The van der Waals surface area contributed by atoms with Crippen molar-refractivity contribution in [1.29, 1.82) is 5.26 Å². The highest BCUT2D eigenvalue weighted by Crippen LogP contribution is 2.25. The molecule has 0 aliphatic carbocycles. The lowest BCUT2D eigenvalue weighted by atomic mass is 10.2. The zero-order valence-corrected chi connectivity index (χ0v) is 16.4. The summed E-state index contributed by atoms with van der Waals surface area (Å²) in [4.78, 5) is 12.3. The number of nitrogens with one attached hydrogen (secondary N) is 1. The van der Waals surface area contributed by atoms with Gasteiger partial charge in [0.05, 0.1) is 24.1 Å². The van der Waals surface area contributed by atoms with Crippen LogP contribution in [0, 0.1) is 11.3 Å². The molecule has 3 rings (SSSR count). The molecule has 1 aromatic heterocycles. The van der Waals surface area contributed by atoms with Crippen LogP contribution in [0.15, 0.2) is 53.7 Å². The second kappa shape index (κ2) is 9.06. The average Bonchev–Trinajstić information content (AvgIpc) is 3.15. The van der Waals surface area contributed by atoms with Crippen molar-refractivity contribution >= 4 is 23.4 Å². The zero-order chi connectivity index (χ0) is 19.9. The summed E-state index contributed by atoms with van der Waals surface area (Å²) in [6, 6.07) is 16.6. The SMILES string of the molecule is CCn1c(SCC(=O)Nc2ccccc2C#N)nnc1-c1ccc(OC)cc1. The van der Waals surface area contributed by atoms with Gasteiger partial charge in [-0.05, 0) is 43.3 Å². The third-order valence-corrected chi connectivity index (χ3v) is 5.00. The van der Waals surface area contributed by atoms with Crippen LogP contribution in [-0.2, 0) is 11.3 Å². The lowest BCUT2D eigenvalue weighted by molar-refractivity contribution is -0.113. The maximum Gasteiger partial charge on any atom is 0.234 e. The van der Waals surface area contributed by atoms with E-state index in [9.17, 15) is 4.79 Å². The molecule has 2 aromatic carbocycles. The van der Waals surface area contributed by atoms with Crippen molar-refractivity contribution in [3.05, 3.63) is 54.1 Å². The summed E-state index contributed by atoms with van der Waals surface area (Å²) in [5, 5.41) is 21.1. The van der Waals surface area contributed by atoms with Crippen LogP contribution in [-0.4, -0.2) is 33.5 Å². The zero-order valence-electron chi connectivity index (χ0n) is 15.5. The van der Waals surface area contributed by atoms with Crippen molar-refractivity contribution in [2.75, 3.05) is 18.2 Å². The van der Waals surface area contributed by atoms with Crippen LogP contribution >= 0.6 is 11.8 Å². The Balaban J connectivity index is 1.70. The summed E-state index contributed by atoms with van der Waals surface area (Å²) >= 11 is 1.31. The number of para-hydroxylation sites is 1. The lowest BCUT2D eigenvalue weighted by Gasteiger charge is -2.09. The monoisotopic (exact) mass is 393 g/mol. The Hall–Kier alpha value is -3.31. The molecule has 0 saturated heterocycles. The maximum absolute atomic E-state index is 12.3. The van der Waals surface area contributed by atoms with E-state index in [0.717, 1.165) is 17.1 Å². The van der Waals surface area contributed by atoms with Gasteiger partial charge >= 0.3 is 0 Å². The maximum atomic E-state index is 12.3. The molecule has 8 heteroatoms. The van der Waals surface area contributed by atoms with E-state index in [1.807, 2.05) is 35.8 Å². The Bertz CT molecular complexity index is 1010. The molecule has 0 spiro atoms. The molecule has 7 nitrogen and oxygen atoms in total. The minimum Gasteiger partial charge on any atom is -0.497 e. The largest absolute Gasteiger partial charge is 0.497 e. The van der Waals surface area contributed by atoms with E-state index in [1.54, 1.807) is 31.4 Å².